The maximum absolute atomic E-state index is 11.5. The molecule has 25 heavy (non-hydrogen) atoms. The van der Waals surface area contributed by atoms with Gasteiger partial charge in [-0.05, 0) is 11.6 Å². The van der Waals surface area contributed by atoms with E-state index in [4.69, 9.17) is 11.6 Å². The predicted octanol–water partition coefficient (Wildman–Crippen LogP) is 4.13. The highest BCUT2D eigenvalue weighted by Crippen LogP contribution is 2.29. The van der Waals surface area contributed by atoms with Gasteiger partial charge < -0.3 is 10.0 Å². The Kier molecular flexibility index (Phi) is 4.95. The van der Waals surface area contributed by atoms with Crippen molar-refractivity contribution in [1.82, 2.24) is 9.97 Å². The lowest BCUT2D eigenvalue weighted by molar-refractivity contribution is 0.0697. The van der Waals surface area contributed by atoms with Crippen LogP contribution < -0.4 is 4.90 Å². The van der Waals surface area contributed by atoms with E-state index in [-0.39, 0.29) is 5.56 Å². The molecule has 0 spiro atoms. The highest BCUT2D eigenvalue weighted by molar-refractivity contribution is 6.33. The molecule has 126 valence electrons. The Morgan fingerprint density at radius 2 is 1.80 bits per heavy atom. The van der Waals surface area contributed by atoms with Crippen LogP contribution in [0.3, 0.4) is 0 Å². The summed E-state index contributed by atoms with van der Waals surface area (Å²) in [6, 6.07) is 16.9. The van der Waals surface area contributed by atoms with Crippen molar-refractivity contribution in [1.29, 1.82) is 0 Å². The molecule has 0 atom stereocenters. The van der Waals surface area contributed by atoms with Crippen LogP contribution in [0.25, 0.3) is 11.3 Å². The number of carbonyl (C=O) groups is 1. The third-order valence-corrected chi connectivity index (χ3v) is 4.07. The fourth-order valence-corrected chi connectivity index (χ4v) is 2.72. The second kappa shape index (κ2) is 7.32. The summed E-state index contributed by atoms with van der Waals surface area (Å²) in [5, 5.41) is 9.89. The quantitative estimate of drug-likeness (QED) is 0.747. The van der Waals surface area contributed by atoms with Gasteiger partial charge in [-0.1, -0.05) is 60.1 Å². The zero-order valence-corrected chi connectivity index (χ0v) is 14.3. The zero-order valence-electron chi connectivity index (χ0n) is 13.6. The van der Waals surface area contributed by atoms with Gasteiger partial charge in [-0.25, -0.2) is 14.8 Å². The molecule has 2 aromatic carbocycles. The van der Waals surface area contributed by atoms with Gasteiger partial charge in [0.1, 0.15) is 5.56 Å². The van der Waals surface area contributed by atoms with Gasteiger partial charge in [-0.3, -0.25) is 0 Å². The number of rotatable bonds is 5. The molecule has 0 aliphatic carbocycles. The van der Waals surface area contributed by atoms with Gasteiger partial charge in [0.15, 0.2) is 0 Å². The van der Waals surface area contributed by atoms with Crippen molar-refractivity contribution in [3.63, 3.8) is 0 Å². The van der Waals surface area contributed by atoms with Crippen LogP contribution in [0.1, 0.15) is 15.9 Å². The number of halogens is 1. The molecule has 6 heteroatoms. The van der Waals surface area contributed by atoms with Crippen LogP contribution >= 0.6 is 11.6 Å². The van der Waals surface area contributed by atoms with Crippen molar-refractivity contribution in [3.8, 4) is 11.3 Å². The molecule has 1 N–H and O–H groups in total. The summed E-state index contributed by atoms with van der Waals surface area (Å²) >= 11 is 6.23. The summed E-state index contributed by atoms with van der Waals surface area (Å²) in [6.07, 6.45) is 1.32. The number of anilines is 1. The molecule has 0 aliphatic rings. The summed E-state index contributed by atoms with van der Waals surface area (Å²) in [5.41, 5.74) is 2.00. The standard InChI is InChI=1S/C19H16ClN3O2/c1-23(12-13-7-3-2-4-8-13)19-21-11-15(18(24)25)17(22-19)14-9-5-6-10-16(14)20/h2-11H,12H2,1H3,(H,24,25). The van der Waals surface area contributed by atoms with E-state index in [1.165, 1.54) is 6.20 Å². The fraction of sp³-hybridized carbons (Fsp3) is 0.105. The van der Waals surface area contributed by atoms with Crippen molar-refractivity contribution < 1.29 is 9.90 Å². The summed E-state index contributed by atoms with van der Waals surface area (Å²) in [4.78, 5) is 22.1. The average Bonchev–Trinajstić information content (AvgIpc) is 2.62. The van der Waals surface area contributed by atoms with Crippen molar-refractivity contribution in [2.75, 3.05) is 11.9 Å². The normalized spacial score (nSPS) is 10.5. The van der Waals surface area contributed by atoms with Crippen molar-refractivity contribution in [2.24, 2.45) is 0 Å². The van der Waals surface area contributed by atoms with Crippen molar-refractivity contribution in [2.45, 2.75) is 6.54 Å². The number of aromatic carboxylic acids is 1. The molecule has 0 fully saturated rings. The number of benzene rings is 2. The summed E-state index contributed by atoms with van der Waals surface area (Å²) in [7, 11) is 1.86. The topological polar surface area (TPSA) is 66.3 Å². The number of aromatic nitrogens is 2. The van der Waals surface area contributed by atoms with E-state index in [2.05, 4.69) is 9.97 Å². The molecular weight excluding hydrogens is 338 g/mol. The maximum Gasteiger partial charge on any atom is 0.339 e. The lowest BCUT2D eigenvalue weighted by atomic mass is 10.1. The highest BCUT2D eigenvalue weighted by atomic mass is 35.5. The largest absolute Gasteiger partial charge is 0.478 e. The fourth-order valence-electron chi connectivity index (χ4n) is 2.50. The van der Waals surface area contributed by atoms with Gasteiger partial charge in [0.05, 0.1) is 5.69 Å². The number of nitrogens with zero attached hydrogens (tertiary/aromatic N) is 3. The second-order valence-corrected chi connectivity index (χ2v) is 5.97. The number of carboxylic acid groups (broad SMARTS) is 1. The van der Waals surface area contributed by atoms with E-state index in [0.717, 1.165) is 5.56 Å². The Labute approximate surface area is 150 Å². The minimum atomic E-state index is -1.09. The molecule has 1 heterocycles. The minimum Gasteiger partial charge on any atom is -0.478 e. The molecular formula is C19H16ClN3O2. The molecule has 0 saturated heterocycles. The Bertz CT molecular complexity index is 900. The number of hydrogen-bond acceptors (Lipinski definition) is 4. The lowest BCUT2D eigenvalue weighted by Gasteiger charge is -2.18. The van der Waals surface area contributed by atoms with Crippen LogP contribution in [-0.4, -0.2) is 28.1 Å². The van der Waals surface area contributed by atoms with Crippen molar-refractivity contribution in [3.05, 3.63) is 76.9 Å². The van der Waals surface area contributed by atoms with E-state index in [1.807, 2.05) is 42.3 Å². The van der Waals surface area contributed by atoms with Crippen LogP contribution in [0, 0.1) is 0 Å². The van der Waals surface area contributed by atoms with Gasteiger partial charge in [0.2, 0.25) is 5.95 Å². The predicted molar refractivity (Wildman–Crippen MR) is 98.0 cm³/mol. The number of carboxylic acids is 1. The molecule has 0 aliphatic heterocycles. The molecule has 0 saturated carbocycles. The molecule has 0 radical (unpaired) electrons. The third-order valence-electron chi connectivity index (χ3n) is 3.74. The first-order chi connectivity index (χ1) is 12.1. The molecule has 0 bridgehead atoms. The zero-order chi connectivity index (χ0) is 17.8. The van der Waals surface area contributed by atoms with Gasteiger partial charge in [-0.15, -0.1) is 0 Å². The smallest absolute Gasteiger partial charge is 0.339 e. The summed E-state index contributed by atoms with van der Waals surface area (Å²) in [6.45, 7) is 0.606. The minimum absolute atomic E-state index is 0.0185. The average molecular weight is 354 g/mol. The monoisotopic (exact) mass is 353 g/mol. The van der Waals surface area contributed by atoms with E-state index < -0.39 is 5.97 Å². The van der Waals surface area contributed by atoms with Crippen molar-refractivity contribution >= 4 is 23.5 Å². The molecule has 0 unspecified atom stereocenters. The SMILES string of the molecule is CN(Cc1ccccc1)c1ncc(C(=O)O)c(-c2ccccc2Cl)n1. The third kappa shape index (κ3) is 3.78. The molecule has 3 rings (SSSR count). The van der Waals surface area contributed by atoms with E-state index in [9.17, 15) is 9.90 Å². The van der Waals surface area contributed by atoms with Gasteiger partial charge >= 0.3 is 5.97 Å². The van der Waals surface area contributed by atoms with Gasteiger partial charge in [0.25, 0.3) is 0 Å². The lowest BCUT2D eigenvalue weighted by Crippen LogP contribution is -2.20. The van der Waals surface area contributed by atoms with E-state index in [0.29, 0.717) is 28.8 Å². The maximum atomic E-state index is 11.5. The summed E-state index contributed by atoms with van der Waals surface area (Å²) < 4.78 is 0. The van der Waals surface area contributed by atoms with Crippen LogP contribution in [0.4, 0.5) is 5.95 Å². The Morgan fingerprint density at radius 3 is 2.48 bits per heavy atom. The second-order valence-electron chi connectivity index (χ2n) is 5.56. The van der Waals surface area contributed by atoms with E-state index in [1.54, 1.807) is 24.3 Å². The van der Waals surface area contributed by atoms with E-state index >= 15 is 0 Å². The first-order valence-corrected chi connectivity index (χ1v) is 8.04. The molecule has 1 aromatic heterocycles. The first-order valence-electron chi connectivity index (χ1n) is 7.66. The Hall–Kier alpha value is -2.92. The Balaban J connectivity index is 2.01. The number of hydrogen-bond donors (Lipinski definition) is 1. The Morgan fingerprint density at radius 1 is 1.12 bits per heavy atom. The van der Waals surface area contributed by atoms with Crippen LogP contribution in [0.2, 0.25) is 5.02 Å². The highest BCUT2D eigenvalue weighted by Gasteiger charge is 2.18. The van der Waals surface area contributed by atoms with Crippen LogP contribution in [0.15, 0.2) is 60.8 Å². The molecule has 3 aromatic rings. The first kappa shape index (κ1) is 16.9. The van der Waals surface area contributed by atoms with Gasteiger partial charge in [0, 0.05) is 30.4 Å². The van der Waals surface area contributed by atoms with Crippen LogP contribution in [0.5, 0.6) is 0 Å². The van der Waals surface area contributed by atoms with Crippen LogP contribution in [-0.2, 0) is 6.54 Å². The van der Waals surface area contributed by atoms with Gasteiger partial charge in [-0.2, -0.15) is 0 Å². The summed E-state index contributed by atoms with van der Waals surface area (Å²) in [5.74, 6) is -0.657. The molecule has 5 nitrogen and oxygen atoms in total. The molecule has 0 amide bonds.